The van der Waals surface area contributed by atoms with E-state index in [2.05, 4.69) is 19.2 Å². The Labute approximate surface area is 124 Å². The fraction of sp³-hybridized carbons (Fsp3) is 1.00. The lowest BCUT2D eigenvalue weighted by atomic mass is 9.85. The Morgan fingerprint density at radius 1 is 1.20 bits per heavy atom. The van der Waals surface area contributed by atoms with Crippen molar-refractivity contribution in [2.75, 3.05) is 34.0 Å². The van der Waals surface area contributed by atoms with E-state index in [1.165, 1.54) is 25.7 Å². The summed E-state index contributed by atoms with van der Waals surface area (Å²) in [5.74, 6) is 0.697. The smallest absolute Gasteiger partial charge is 0.0991 e. The van der Waals surface area contributed by atoms with Gasteiger partial charge in [0.15, 0.2) is 0 Å². The molecular weight excluding hydrogens is 254 g/mol. The summed E-state index contributed by atoms with van der Waals surface area (Å²) in [6, 6.07) is 0.424. The lowest BCUT2D eigenvalue weighted by molar-refractivity contribution is -0.156. The van der Waals surface area contributed by atoms with E-state index in [9.17, 15) is 0 Å². The molecule has 20 heavy (non-hydrogen) atoms. The van der Waals surface area contributed by atoms with E-state index in [0.717, 1.165) is 13.0 Å². The molecule has 0 heterocycles. The average molecular weight is 287 g/mol. The molecule has 4 heteroatoms. The topological polar surface area (TPSA) is 39.7 Å². The molecule has 0 spiro atoms. The van der Waals surface area contributed by atoms with Gasteiger partial charge < -0.3 is 19.5 Å². The van der Waals surface area contributed by atoms with E-state index in [0.29, 0.717) is 25.2 Å². The van der Waals surface area contributed by atoms with Gasteiger partial charge in [0.05, 0.1) is 25.4 Å². The Morgan fingerprint density at radius 2 is 2.00 bits per heavy atom. The molecule has 0 aromatic heterocycles. The van der Waals surface area contributed by atoms with Crippen LogP contribution in [0.5, 0.6) is 0 Å². The standard InChI is InChI=1S/C16H33NO3/c1-5-7-8-13(6-2)12-20-15-11-14(17-3)16(15)19-10-9-18-4/h13-17H,5-12H2,1-4H3. The van der Waals surface area contributed by atoms with E-state index in [1.54, 1.807) is 7.11 Å². The van der Waals surface area contributed by atoms with Crippen LogP contribution in [0.4, 0.5) is 0 Å². The molecule has 0 aliphatic heterocycles. The fourth-order valence-corrected chi connectivity index (χ4v) is 2.68. The molecule has 4 nitrogen and oxygen atoms in total. The second kappa shape index (κ2) is 10.6. The maximum absolute atomic E-state index is 6.10. The summed E-state index contributed by atoms with van der Waals surface area (Å²) in [6.07, 6.45) is 6.54. The van der Waals surface area contributed by atoms with Crippen molar-refractivity contribution in [3.05, 3.63) is 0 Å². The Kier molecular flexibility index (Phi) is 9.44. The quantitative estimate of drug-likeness (QED) is 0.560. The van der Waals surface area contributed by atoms with Crippen LogP contribution in [-0.4, -0.2) is 52.2 Å². The highest BCUT2D eigenvalue weighted by molar-refractivity contribution is 4.96. The molecule has 1 saturated carbocycles. The van der Waals surface area contributed by atoms with Gasteiger partial charge in [0, 0.05) is 19.8 Å². The first-order valence-electron chi connectivity index (χ1n) is 8.16. The molecule has 0 bridgehead atoms. The van der Waals surface area contributed by atoms with Gasteiger partial charge in [-0.2, -0.15) is 0 Å². The predicted octanol–water partition coefficient (Wildman–Crippen LogP) is 2.61. The molecule has 1 rings (SSSR count). The Hall–Kier alpha value is -0.160. The minimum absolute atomic E-state index is 0.179. The zero-order valence-corrected chi connectivity index (χ0v) is 13.7. The molecule has 4 unspecified atom stereocenters. The highest BCUT2D eigenvalue weighted by Crippen LogP contribution is 2.28. The van der Waals surface area contributed by atoms with Crippen LogP contribution in [0.3, 0.4) is 0 Å². The molecule has 1 aliphatic rings. The summed E-state index contributed by atoms with van der Waals surface area (Å²) in [4.78, 5) is 0. The number of unbranched alkanes of at least 4 members (excludes halogenated alkanes) is 1. The zero-order chi connectivity index (χ0) is 14.8. The monoisotopic (exact) mass is 287 g/mol. The van der Waals surface area contributed by atoms with Gasteiger partial charge in [-0.1, -0.05) is 33.1 Å². The molecule has 0 saturated heterocycles. The molecule has 1 N–H and O–H groups in total. The largest absolute Gasteiger partial charge is 0.382 e. The number of hydrogen-bond donors (Lipinski definition) is 1. The van der Waals surface area contributed by atoms with Crippen molar-refractivity contribution in [3.8, 4) is 0 Å². The minimum atomic E-state index is 0.179. The van der Waals surface area contributed by atoms with Crippen LogP contribution in [0.25, 0.3) is 0 Å². The molecule has 4 atom stereocenters. The molecule has 0 amide bonds. The Bertz CT molecular complexity index is 238. The van der Waals surface area contributed by atoms with Crippen LogP contribution in [-0.2, 0) is 14.2 Å². The van der Waals surface area contributed by atoms with E-state index in [-0.39, 0.29) is 12.2 Å². The third-order valence-corrected chi connectivity index (χ3v) is 4.31. The lowest BCUT2D eigenvalue weighted by Crippen LogP contribution is -2.59. The fourth-order valence-electron chi connectivity index (χ4n) is 2.68. The summed E-state index contributed by atoms with van der Waals surface area (Å²) in [7, 11) is 3.69. The maximum Gasteiger partial charge on any atom is 0.0991 e. The lowest BCUT2D eigenvalue weighted by Gasteiger charge is -2.44. The van der Waals surface area contributed by atoms with Crippen LogP contribution in [0.15, 0.2) is 0 Å². The first-order chi connectivity index (χ1) is 9.76. The van der Waals surface area contributed by atoms with Crippen molar-refractivity contribution < 1.29 is 14.2 Å². The number of rotatable bonds is 12. The first kappa shape index (κ1) is 17.9. The van der Waals surface area contributed by atoms with Crippen LogP contribution in [0.2, 0.25) is 0 Å². The van der Waals surface area contributed by atoms with E-state index in [4.69, 9.17) is 14.2 Å². The molecule has 1 aliphatic carbocycles. The van der Waals surface area contributed by atoms with Crippen molar-refractivity contribution >= 4 is 0 Å². The predicted molar refractivity (Wildman–Crippen MR) is 82.1 cm³/mol. The van der Waals surface area contributed by atoms with Gasteiger partial charge in [-0.25, -0.2) is 0 Å². The van der Waals surface area contributed by atoms with Crippen LogP contribution >= 0.6 is 0 Å². The number of ether oxygens (including phenoxy) is 3. The van der Waals surface area contributed by atoms with Crippen molar-refractivity contribution in [1.82, 2.24) is 5.32 Å². The highest BCUT2D eigenvalue weighted by atomic mass is 16.6. The summed E-state index contributed by atoms with van der Waals surface area (Å²) in [5.41, 5.74) is 0. The second-order valence-corrected chi connectivity index (χ2v) is 5.75. The summed E-state index contributed by atoms with van der Waals surface area (Å²) >= 11 is 0. The second-order valence-electron chi connectivity index (χ2n) is 5.75. The summed E-state index contributed by atoms with van der Waals surface area (Å²) in [5, 5.41) is 3.30. The van der Waals surface area contributed by atoms with Crippen LogP contribution in [0.1, 0.15) is 46.0 Å². The SMILES string of the molecule is CCCCC(CC)COC1CC(NC)C1OCCOC. The average Bonchev–Trinajstić information content (AvgIpc) is 2.45. The van der Waals surface area contributed by atoms with Crippen molar-refractivity contribution in [3.63, 3.8) is 0 Å². The molecule has 0 aromatic carbocycles. The zero-order valence-electron chi connectivity index (χ0n) is 13.7. The van der Waals surface area contributed by atoms with Crippen LogP contribution in [0, 0.1) is 5.92 Å². The van der Waals surface area contributed by atoms with Crippen molar-refractivity contribution in [1.29, 1.82) is 0 Å². The third kappa shape index (κ3) is 5.68. The minimum Gasteiger partial charge on any atom is -0.382 e. The molecule has 1 fully saturated rings. The van der Waals surface area contributed by atoms with E-state index >= 15 is 0 Å². The Morgan fingerprint density at radius 3 is 2.60 bits per heavy atom. The highest BCUT2D eigenvalue weighted by Gasteiger charge is 2.42. The van der Waals surface area contributed by atoms with Gasteiger partial charge in [0.1, 0.15) is 0 Å². The van der Waals surface area contributed by atoms with Gasteiger partial charge in [-0.15, -0.1) is 0 Å². The van der Waals surface area contributed by atoms with Crippen molar-refractivity contribution in [2.24, 2.45) is 5.92 Å². The molecular formula is C16H33NO3. The van der Waals surface area contributed by atoms with Gasteiger partial charge >= 0.3 is 0 Å². The number of hydrogen-bond acceptors (Lipinski definition) is 4. The van der Waals surface area contributed by atoms with Crippen molar-refractivity contribution in [2.45, 2.75) is 64.2 Å². The first-order valence-corrected chi connectivity index (χ1v) is 8.16. The number of nitrogens with one attached hydrogen (secondary N) is 1. The van der Waals surface area contributed by atoms with E-state index < -0.39 is 0 Å². The number of likely N-dealkylation sites (N-methyl/N-ethyl adjacent to an activating group) is 1. The number of methoxy groups -OCH3 is 1. The molecule has 120 valence electrons. The van der Waals surface area contributed by atoms with Crippen LogP contribution < -0.4 is 5.32 Å². The Balaban J connectivity index is 2.26. The van der Waals surface area contributed by atoms with Gasteiger partial charge in [0.2, 0.25) is 0 Å². The summed E-state index contributed by atoms with van der Waals surface area (Å²) in [6.45, 7) is 6.67. The normalized spacial score (nSPS) is 27.3. The summed E-state index contributed by atoms with van der Waals surface area (Å²) < 4.78 is 17.0. The van der Waals surface area contributed by atoms with Gasteiger partial charge in [0.25, 0.3) is 0 Å². The van der Waals surface area contributed by atoms with Gasteiger partial charge in [-0.05, 0) is 25.8 Å². The van der Waals surface area contributed by atoms with Gasteiger partial charge in [-0.3, -0.25) is 0 Å². The molecule has 0 radical (unpaired) electrons. The third-order valence-electron chi connectivity index (χ3n) is 4.31. The van der Waals surface area contributed by atoms with E-state index in [1.807, 2.05) is 7.05 Å². The maximum atomic E-state index is 6.10. The molecule has 0 aromatic rings.